The molecule has 2 aromatic carbocycles. The van der Waals surface area contributed by atoms with Crippen LogP contribution in [0.2, 0.25) is 0 Å². The zero-order chi connectivity index (χ0) is 19.6. The van der Waals surface area contributed by atoms with Crippen molar-refractivity contribution in [1.29, 1.82) is 0 Å². The van der Waals surface area contributed by atoms with Gasteiger partial charge < -0.3 is 4.74 Å². The van der Waals surface area contributed by atoms with Crippen molar-refractivity contribution in [3.63, 3.8) is 0 Å². The van der Waals surface area contributed by atoms with Gasteiger partial charge in [-0.25, -0.2) is 14.6 Å². The Balaban J connectivity index is 1.79. The molecule has 7 nitrogen and oxygen atoms in total. The summed E-state index contributed by atoms with van der Waals surface area (Å²) in [5.74, 6) is -1.87. The first kappa shape index (κ1) is 18.3. The van der Waals surface area contributed by atoms with Crippen molar-refractivity contribution in [2.45, 2.75) is 13.3 Å². The number of nitrogens with zero attached hydrogens (tertiary/aromatic N) is 2. The van der Waals surface area contributed by atoms with E-state index in [4.69, 9.17) is 4.74 Å². The fourth-order valence-electron chi connectivity index (χ4n) is 2.77. The van der Waals surface area contributed by atoms with Crippen LogP contribution in [0.5, 0.6) is 5.75 Å². The van der Waals surface area contributed by atoms with E-state index in [-0.39, 0.29) is 5.69 Å². The number of aryl methyl sites for hydroxylation is 1. The SMILES string of the molecule is CCc1ccc(C(=O)CN2C(=O)C(=O)N(c3ccc(OC)cc3)C2=O)cc1. The Morgan fingerprint density at radius 2 is 1.56 bits per heavy atom. The maximum atomic E-state index is 12.6. The number of urea groups is 1. The van der Waals surface area contributed by atoms with Gasteiger partial charge in [0.15, 0.2) is 5.78 Å². The number of anilines is 1. The zero-order valence-electron chi connectivity index (χ0n) is 15.0. The summed E-state index contributed by atoms with van der Waals surface area (Å²) in [6, 6.07) is 12.2. The molecule has 2 aromatic rings. The number of imide groups is 2. The molecule has 0 aliphatic carbocycles. The van der Waals surface area contributed by atoms with Gasteiger partial charge in [-0.05, 0) is 36.2 Å². The van der Waals surface area contributed by atoms with E-state index < -0.39 is 30.2 Å². The number of methoxy groups -OCH3 is 1. The van der Waals surface area contributed by atoms with Crippen molar-refractivity contribution < 1.29 is 23.9 Å². The Hall–Kier alpha value is -3.48. The van der Waals surface area contributed by atoms with Gasteiger partial charge in [0.2, 0.25) is 0 Å². The number of amides is 4. The summed E-state index contributed by atoms with van der Waals surface area (Å²) in [4.78, 5) is 50.9. The summed E-state index contributed by atoms with van der Waals surface area (Å²) in [5, 5.41) is 0. The van der Waals surface area contributed by atoms with Crippen molar-refractivity contribution in [3.05, 3.63) is 59.7 Å². The number of carbonyl (C=O) groups is 4. The Labute approximate surface area is 156 Å². The number of hydrogen-bond donors (Lipinski definition) is 0. The van der Waals surface area contributed by atoms with Gasteiger partial charge in [0.1, 0.15) is 5.75 Å². The lowest BCUT2D eigenvalue weighted by Gasteiger charge is -2.15. The molecule has 3 rings (SSSR count). The number of benzene rings is 2. The second kappa shape index (κ2) is 7.41. The molecule has 1 fully saturated rings. The first-order valence-corrected chi connectivity index (χ1v) is 8.42. The molecule has 27 heavy (non-hydrogen) atoms. The van der Waals surface area contributed by atoms with Gasteiger partial charge in [-0.3, -0.25) is 14.4 Å². The van der Waals surface area contributed by atoms with E-state index in [9.17, 15) is 19.2 Å². The molecule has 1 aliphatic heterocycles. The number of ketones is 1. The molecule has 1 saturated heterocycles. The molecule has 7 heteroatoms. The van der Waals surface area contributed by atoms with E-state index in [0.717, 1.165) is 16.9 Å². The molecule has 0 N–H and O–H groups in total. The molecule has 138 valence electrons. The van der Waals surface area contributed by atoms with Gasteiger partial charge in [-0.15, -0.1) is 0 Å². The Morgan fingerprint density at radius 1 is 0.926 bits per heavy atom. The van der Waals surface area contributed by atoms with E-state index in [0.29, 0.717) is 16.2 Å². The summed E-state index contributed by atoms with van der Waals surface area (Å²) in [6.45, 7) is 1.51. The average molecular weight is 366 g/mol. The summed E-state index contributed by atoms with van der Waals surface area (Å²) in [7, 11) is 1.49. The number of rotatable bonds is 6. The third-order valence-corrected chi connectivity index (χ3v) is 4.37. The molecule has 1 aliphatic rings. The Morgan fingerprint density at radius 3 is 2.11 bits per heavy atom. The van der Waals surface area contributed by atoms with Gasteiger partial charge >= 0.3 is 17.8 Å². The molecular formula is C20H18N2O5. The predicted molar refractivity (Wildman–Crippen MR) is 97.7 cm³/mol. The fraction of sp³-hybridized carbons (Fsp3) is 0.200. The molecule has 0 aromatic heterocycles. The molecular weight excluding hydrogens is 348 g/mol. The maximum Gasteiger partial charge on any atom is 0.339 e. The smallest absolute Gasteiger partial charge is 0.339 e. The first-order valence-electron chi connectivity index (χ1n) is 8.42. The van der Waals surface area contributed by atoms with Crippen LogP contribution >= 0.6 is 0 Å². The van der Waals surface area contributed by atoms with Gasteiger partial charge in [-0.2, -0.15) is 0 Å². The third-order valence-electron chi connectivity index (χ3n) is 4.37. The second-order valence-electron chi connectivity index (χ2n) is 5.99. The number of hydrogen-bond acceptors (Lipinski definition) is 5. The van der Waals surface area contributed by atoms with Crippen LogP contribution in [0.3, 0.4) is 0 Å². The Kier molecular flexibility index (Phi) is 5.03. The third kappa shape index (κ3) is 3.44. The molecule has 0 saturated carbocycles. The van der Waals surface area contributed by atoms with Crippen molar-refractivity contribution in [2.75, 3.05) is 18.6 Å². The lowest BCUT2D eigenvalue weighted by atomic mass is 10.1. The molecule has 0 atom stereocenters. The minimum Gasteiger partial charge on any atom is -0.497 e. The lowest BCUT2D eigenvalue weighted by Crippen LogP contribution is -2.37. The van der Waals surface area contributed by atoms with Crippen molar-refractivity contribution >= 4 is 29.3 Å². The quantitative estimate of drug-likeness (QED) is 0.445. The van der Waals surface area contributed by atoms with Crippen molar-refractivity contribution in [3.8, 4) is 5.75 Å². The highest BCUT2D eigenvalue weighted by atomic mass is 16.5. The van der Waals surface area contributed by atoms with Gasteiger partial charge in [0, 0.05) is 5.56 Å². The summed E-state index contributed by atoms with van der Waals surface area (Å²) in [5.41, 5.74) is 1.69. The maximum absolute atomic E-state index is 12.6. The van der Waals surface area contributed by atoms with Crippen molar-refractivity contribution in [1.82, 2.24) is 4.90 Å². The highest BCUT2D eigenvalue weighted by Gasteiger charge is 2.46. The van der Waals surface area contributed by atoms with Crippen LogP contribution in [0.1, 0.15) is 22.8 Å². The average Bonchev–Trinajstić information content (AvgIpc) is 2.91. The highest BCUT2D eigenvalue weighted by molar-refractivity contribution is 6.53. The fourth-order valence-corrected chi connectivity index (χ4v) is 2.77. The summed E-state index contributed by atoms with van der Waals surface area (Å²) in [6.07, 6.45) is 0.836. The number of carbonyl (C=O) groups excluding carboxylic acids is 4. The summed E-state index contributed by atoms with van der Waals surface area (Å²) < 4.78 is 5.04. The van der Waals surface area contributed by atoms with Gasteiger partial charge in [-0.1, -0.05) is 31.2 Å². The van der Waals surface area contributed by atoms with Gasteiger partial charge in [0.05, 0.1) is 19.3 Å². The van der Waals surface area contributed by atoms with Crippen LogP contribution in [0.4, 0.5) is 10.5 Å². The minimum absolute atomic E-state index is 0.237. The van der Waals surface area contributed by atoms with Crippen LogP contribution in [-0.4, -0.2) is 42.2 Å². The van der Waals surface area contributed by atoms with E-state index in [1.54, 1.807) is 24.3 Å². The zero-order valence-corrected chi connectivity index (χ0v) is 15.0. The summed E-state index contributed by atoms with van der Waals surface area (Å²) >= 11 is 0. The monoisotopic (exact) mass is 366 g/mol. The van der Waals surface area contributed by atoms with Crippen LogP contribution in [-0.2, 0) is 16.0 Å². The van der Waals surface area contributed by atoms with Gasteiger partial charge in [0.25, 0.3) is 0 Å². The number of Topliss-reactive ketones (excluding diaryl/α,β-unsaturated/α-hetero) is 1. The normalized spacial score (nSPS) is 14.1. The lowest BCUT2D eigenvalue weighted by molar-refractivity contribution is -0.139. The predicted octanol–water partition coefficient (Wildman–Crippen LogP) is 2.44. The molecule has 0 bridgehead atoms. The highest BCUT2D eigenvalue weighted by Crippen LogP contribution is 2.24. The second-order valence-corrected chi connectivity index (χ2v) is 5.99. The first-order chi connectivity index (χ1) is 13.0. The number of ether oxygens (including phenoxy) is 1. The topological polar surface area (TPSA) is 84.0 Å². The molecule has 0 radical (unpaired) electrons. The largest absolute Gasteiger partial charge is 0.497 e. The van der Waals surface area contributed by atoms with Crippen LogP contribution in [0, 0.1) is 0 Å². The van der Waals surface area contributed by atoms with E-state index in [2.05, 4.69) is 0 Å². The van der Waals surface area contributed by atoms with Crippen LogP contribution < -0.4 is 9.64 Å². The van der Waals surface area contributed by atoms with E-state index in [1.807, 2.05) is 19.1 Å². The molecule has 0 unspecified atom stereocenters. The molecule has 1 heterocycles. The molecule has 0 spiro atoms. The van der Waals surface area contributed by atoms with Crippen LogP contribution in [0.15, 0.2) is 48.5 Å². The van der Waals surface area contributed by atoms with E-state index >= 15 is 0 Å². The standard InChI is InChI=1S/C20H18N2O5/c1-3-13-4-6-14(7-5-13)17(23)12-21-18(24)19(25)22(20(21)26)15-8-10-16(27-2)11-9-15/h4-11H,3,12H2,1-2H3. The Bertz CT molecular complexity index is 903. The molecule has 4 amide bonds. The minimum atomic E-state index is -1.02. The van der Waals surface area contributed by atoms with Crippen molar-refractivity contribution in [2.24, 2.45) is 0 Å². The van der Waals surface area contributed by atoms with E-state index in [1.165, 1.54) is 19.2 Å². The van der Waals surface area contributed by atoms with Crippen LogP contribution in [0.25, 0.3) is 0 Å².